The summed E-state index contributed by atoms with van der Waals surface area (Å²) in [6, 6.07) is 15.2. The molecule has 5 nitrogen and oxygen atoms in total. The van der Waals surface area contributed by atoms with E-state index < -0.39 is 0 Å². The van der Waals surface area contributed by atoms with Gasteiger partial charge in [0.1, 0.15) is 12.4 Å². The van der Waals surface area contributed by atoms with Crippen LogP contribution in [-0.4, -0.2) is 38.3 Å². The van der Waals surface area contributed by atoms with Crippen LogP contribution < -0.4 is 15.0 Å². The molecule has 0 saturated carbocycles. The number of amides is 1. The molecule has 27 heavy (non-hydrogen) atoms. The third kappa shape index (κ3) is 5.23. The zero-order valence-corrected chi connectivity index (χ0v) is 16.1. The SMILES string of the molecule is CCN(CC)c1ccc(NC(=O)c2ccc(OCC3CCCO3)cc2)cc1. The van der Waals surface area contributed by atoms with Crippen molar-refractivity contribution in [3.63, 3.8) is 0 Å². The van der Waals surface area contributed by atoms with Gasteiger partial charge < -0.3 is 19.7 Å². The molecule has 3 rings (SSSR count). The van der Waals surface area contributed by atoms with Gasteiger partial charge in [-0.05, 0) is 75.2 Å². The van der Waals surface area contributed by atoms with E-state index in [0.717, 1.165) is 49.7 Å². The van der Waals surface area contributed by atoms with Crippen LogP contribution in [0.25, 0.3) is 0 Å². The Morgan fingerprint density at radius 3 is 2.41 bits per heavy atom. The van der Waals surface area contributed by atoms with E-state index in [9.17, 15) is 4.79 Å². The van der Waals surface area contributed by atoms with Crippen LogP contribution in [0.5, 0.6) is 5.75 Å². The summed E-state index contributed by atoms with van der Waals surface area (Å²) in [4.78, 5) is 14.7. The standard InChI is InChI=1S/C22H28N2O3/c1-3-24(4-2)19-11-9-18(10-12-19)23-22(25)17-7-13-20(14-8-17)27-16-21-6-5-15-26-21/h7-14,21H,3-6,15-16H2,1-2H3,(H,23,25). The lowest BCUT2D eigenvalue weighted by atomic mass is 10.2. The number of benzene rings is 2. The molecule has 2 aromatic carbocycles. The fourth-order valence-electron chi connectivity index (χ4n) is 3.22. The number of ether oxygens (including phenoxy) is 2. The van der Waals surface area contributed by atoms with Crippen molar-refractivity contribution in [3.05, 3.63) is 54.1 Å². The molecule has 1 saturated heterocycles. The zero-order chi connectivity index (χ0) is 19.1. The lowest BCUT2D eigenvalue weighted by molar-refractivity contribution is 0.0679. The Morgan fingerprint density at radius 2 is 1.81 bits per heavy atom. The first-order valence-electron chi connectivity index (χ1n) is 9.70. The summed E-state index contributed by atoms with van der Waals surface area (Å²) in [5.74, 6) is 0.627. The number of hydrogen-bond donors (Lipinski definition) is 1. The highest BCUT2D eigenvalue weighted by atomic mass is 16.5. The van der Waals surface area contributed by atoms with Gasteiger partial charge in [-0.25, -0.2) is 0 Å². The Bertz CT molecular complexity index is 718. The number of nitrogens with zero attached hydrogens (tertiary/aromatic N) is 1. The van der Waals surface area contributed by atoms with E-state index >= 15 is 0 Å². The molecule has 0 aromatic heterocycles. The van der Waals surface area contributed by atoms with Crippen molar-refractivity contribution in [2.75, 3.05) is 36.5 Å². The van der Waals surface area contributed by atoms with Crippen LogP contribution in [0.2, 0.25) is 0 Å². The molecule has 1 aliphatic rings. The molecule has 1 heterocycles. The van der Waals surface area contributed by atoms with Gasteiger partial charge in [-0.15, -0.1) is 0 Å². The minimum Gasteiger partial charge on any atom is -0.491 e. The Hall–Kier alpha value is -2.53. The Morgan fingerprint density at radius 1 is 1.11 bits per heavy atom. The van der Waals surface area contributed by atoms with Crippen LogP contribution in [0, 0.1) is 0 Å². The molecule has 1 aliphatic heterocycles. The van der Waals surface area contributed by atoms with Gasteiger partial charge in [0, 0.05) is 36.6 Å². The van der Waals surface area contributed by atoms with Crippen LogP contribution in [0.4, 0.5) is 11.4 Å². The highest BCUT2D eigenvalue weighted by molar-refractivity contribution is 6.04. The third-order valence-electron chi connectivity index (χ3n) is 4.83. The van der Waals surface area contributed by atoms with Gasteiger partial charge in [-0.1, -0.05) is 0 Å². The van der Waals surface area contributed by atoms with Crippen LogP contribution in [0.15, 0.2) is 48.5 Å². The molecule has 5 heteroatoms. The second kappa shape index (κ2) is 9.42. The fourth-order valence-corrected chi connectivity index (χ4v) is 3.22. The molecule has 144 valence electrons. The molecule has 1 amide bonds. The first-order chi connectivity index (χ1) is 13.2. The quantitative estimate of drug-likeness (QED) is 0.753. The van der Waals surface area contributed by atoms with Gasteiger partial charge in [-0.3, -0.25) is 4.79 Å². The topological polar surface area (TPSA) is 50.8 Å². The van der Waals surface area contributed by atoms with Gasteiger partial charge in [0.2, 0.25) is 0 Å². The largest absolute Gasteiger partial charge is 0.491 e. The summed E-state index contributed by atoms with van der Waals surface area (Å²) in [6.45, 7) is 7.57. The predicted molar refractivity (Wildman–Crippen MR) is 109 cm³/mol. The molecule has 2 aromatic rings. The van der Waals surface area contributed by atoms with Crippen molar-refractivity contribution in [3.8, 4) is 5.75 Å². The van der Waals surface area contributed by atoms with E-state index in [1.807, 2.05) is 36.4 Å². The molecule has 0 spiro atoms. The van der Waals surface area contributed by atoms with E-state index in [2.05, 4.69) is 24.1 Å². The third-order valence-corrected chi connectivity index (χ3v) is 4.83. The summed E-state index contributed by atoms with van der Waals surface area (Å²) in [5, 5.41) is 2.94. The smallest absolute Gasteiger partial charge is 0.255 e. The molecule has 0 bridgehead atoms. The van der Waals surface area contributed by atoms with Gasteiger partial charge in [-0.2, -0.15) is 0 Å². The van der Waals surface area contributed by atoms with Gasteiger partial charge in [0.15, 0.2) is 0 Å². The minimum atomic E-state index is -0.128. The van der Waals surface area contributed by atoms with Crippen LogP contribution >= 0.6 is 0 Å². The van der Waals surface area contributed by atoms with E-state index in [1.54, 1.807) is 12.1 Å². The second-order valence-electron chi connectivity index (χ2n) is 6.64. The maximum Gasteiger partial charge on any atom is 0.255 e. The molecule has 0 radical (unpaired) electrons. The molecule has 1 N–H and O–H groups in total. The fraction of sp³-hybridized carbons (Fsp3) is 0.409. The molecule has 1 atom stereocenters. The first-order valence-corrected chi connectivity index (χ1v) is 9.70. The Kier molecular flexibility index (Phi) is 6.71. The predicted octanol–water partition coefficient (Wildman–Crippen LogP) is 4.34. The van der Waals surface area contributed by atoms with E-state index in [-0.39, 0.29) is 12.0 Å². The normalized spacial score (nSPS) is 16.1. The summed E-state index contributed by atoms with van der Waals surface area (Å²) < 4.78 is 11.3. The van der Waals surface area contributed by atoms with Crippen LogP contribution in [0.3, 0.4) is 0 Å². The Balaban J connectivity index is 1.54. The number of rotatable bonds is 8. The lowest BCUT2D eigenvalue weighted by Crippen LogP contribution is -2.21. The number of carbonyl (C=O) groups excluding carboxylic acids is 1. The maximum atomic E-state index is 12.4. The molecular formula is C22H28N2O3. The second-order valence-corrected chi connectivity index (χ2v) is 6.64. The number of hydrogen-bond acceptors (Lipinski definition) is 4. The average Bonchev–Trinajstić information content (AvgIpc) is 3.22. The van der Waals surface area contributed by atoms with Crippen molar-refractivity contribution in [1.29, 1.82) is 0 Å². The zero-order valence-electron chi connectivity index (χ0n) is 16.1. The monoisotopic (exact) mass is 368 g/mol. The van der Waals surface area contributed by atoms with E-state index in [1.165, 1.54) is 0 Å². The number of anilines is 2. The maximum absolute atomic E-state index is 12.4. The molecule has 1 fully saturated rings. The van der Waals surface area contributed by atoms with Crippen LogP contribution in [-0.2, 0) is 4.74 Å². The molecule has 0 aliphatic carbocycles. The number of nitrogens with one attached hydrogen (secondary N) is 1. The van der Waals surface area contributed by atoms with Crippen molar-refractivity contribution < 1.29 is 14.3 Å². The van der Waals surface area contributed by atoms with Crippen molar-refractivity contribution in [2.45, 2.75) is 32.8 Å². The van der Waals surface area contributed by atoms with Crippen molar-refractivity contribution >= 4 is 17.3 Å². The lowest BCUT2D eigenvalue weighted by Gasteiger charge is -2.21. The van der Waals surface area contributed by atoms with E-state index in [4.69, 9.17) is 9.47 Å². The summed E-state index contributed by atoms with van der Waals surface area (Å²) in [6.07, 6.45) is 2.34. The summed E-state index contributed by atoms with van der Waals surface area (Å²) in [5.41, 5.74) is 2.55. The van der Waals surface area contributed by atoms with Gasteiger partial charge in [0.25, 0.3) is 5.91 Å². The Labute approximate surface area is 161 Å². The van der Waals surface area contributed by atoms with Gasteiger partial charge in [0.05, 0.1) is 6.10 Å². The van der Waals surface area contributed by atoms with Crippen LogP contribution in [0.1, 0.15) is 37.0 Å². The van der Waals surface area contributed by atoms with Crippen molar-refractivity contribution in [2.24, 2.45) is 0 Å². The highest BCUT2D eigenvalue weighted by Gasteiger charge is 2.16. The minimum absolute atomic E-state index is 0.128. The van der Waals surface area contributed by atoms with Crippen molar-refractivity contribution in [1.82, 2.24) is 0 Å². The summed E-state index contributed by atoms with van der Waals surface area (Å²) in [7, 11) is 0. The summed E-state index contributed by atoms with van der Waals surface area (Å²) >= 11 is 0. The molecular weight excluding hydrogens is 340 g/mol. The first kappa shape index (κ1) is 19.2. The number of carbonyl (C=O) groups is 1. The average molecular weight is 368 g/mol. The highest BCUT2D eigenvalue weighted by Crippen LogP contribution is 2.20. The van der Waals surface area contributed by atoms with Gasteiger partial charge >= 0.3 is 0 Å². The van der Waals surface area contributed by atoms with E-state index in [0.29, 0.717) is 12.2 Å². The molecule has 1 unspecified atom stereocenters.